The minimum atomic E-state index is 0.0358. The second kappa shape index (κ2) is 3.15. The second-order valence-electron chi connectivity index (χ2n) is 4.70. The first-order chi connectivity index (χ1) is 6.24. The Morgan fingerprint density at radius 1 is 1.15 bits per heavy atom. The summed E-state index contributed by atoms with van der Waals surface area (Å²) in [5.74, 6) is 0. The largest absolute Gasteiger partial charge is 0.233 e. The number of rotatable bonds is 2. The summed E-state index contributed by atoms with van der Waals surface area (Å²) in [6.45, 7) is 0.913. The van der Waals surface area contributed by atoms with E-state index >= 15 is 0 Å². The van der Waals surface area contributed by atoms with Gasteiger partial charge in [-0.3, -0.25) is 0 Å². The first-order valence-electron chi connectivity index (χ1n) is 4.99. The highest BCUT2D eigenvalue weighted by atomic mass is 35.5. The second-order valence-corrected chi connectivity index (χ2v) is 4.97. The molecule has 0 heterocycles. The Balaban J connectivity index is 2.08. The monoisotopic (exact) mass is 198 g/mol. The summed E-state index contributed by atoms with van der Waals surface area (Å²) in [7, 11) is 0. The van der Waals surface area contributed by atoms with Gasteiger partial charge in [-0.15, -0.1) is 0 Å². The van der Waals surface area contributed by atoms with Gasteiger partial charge in [0.2, 0.25) is 0 Å². The van der Waals surface area contributed by atoms with Gasteiger partial charge in [0.1, 0.15) is 0 Å². The van der Waals surface area contributed by atoms with Crippen molar-refractivity contribution >= 4 is 11.8 Å². The predicted molar refractivity (Wildman–Crippen MR) is 52.0 cm³/mol. The predicted octanol–water partition coefficient (Wildman–Crippen LogP) is 2.59. The third kappa shape index (κ3) is 1.45. The molecule has 0 spiro atoms. The Bertz CT molecular complexity index is 219. The van der Waals surface area contributed by atoms with Crippen LogP contribution in [0.1, 0.15) is 38.5 Å². The number of fused-ring (bicyclic) bond motifs is 3. The number of nitrogens with zero attached hydrogens (tertiary/aromatic N) is 1. The molecule has 13 heavy (non-hydrogen) atoms. The van der Waals surface area contributed by atoms with E-state index in [-0.39, 0.29) is 5.41 Å². The zero-order valence-electron chi connectivity index (χ0n) is 7.77. The van der Waals surface area contributed by atoms with Crippen molar-refractivity contribution in [1.82, 2.24) is 4.84 Å². The molecule has 0 aromatic carbocycles. The fraction of sp³-hybridized carbons (Fsp3) is 0.900. The lowest BCUT2D eigenvalue weighted by Crippen LogP contribution is -2.44. The van der Waals surface area contributed by atoms with Crippen molar-refractivity contribution in [2.24, 2.45) is 10.8 Å². The van der Waals surface area contributed by atoms with Crippen LogP contribution in [-0.4, -0.2) is 6.54 Å². The van der Waals surface area contributed by atoms with E-state index in [1.807, 2.05) is 0 Å². The van der Waals surface area contributed by atoms with Crippen LogP contribution in [-0.2, 0) is 0 Å². The molecule has 0 aliphatic heterocycles. The van der Waals surface area contributed by atoms with E-state index in [1.165, 1.54) is 19.3 Å². The molecule has 72 valence electrons. The van der Waals surface area contributed by atoms with Crippen LogP contribution in [0.15, 0.2) is 0 Å². The van der Waals surface area contributed by atoms with Gasteiger partial charge in [-0.25, -0.2) is 4.84 Å². The van der Waals surface area contributed by atoms with E-state index in [4.69, 9.17) is 17.0 Å². The number of halogens is 1. The lowest BCUT2D eigenvalue weighted by Gasteiger charge is -2.50. The molecule has 0 aromatic heterocycles. The first kappa shape index (κ1) is 9.30. The van der Waals surface area contributed by atoms with Crippen LogP contribution in [0, 0.1) is 22.2 Å². The summed E-state index contributed by atoms with van der Waals surface area (Å²) in [4.78, 5) is 2.77. The molecule has 0 amide bonds. The van der Waals surface area contributed by atoms with E-state index in [0.29, 0.717) is 5.41 Å². The summed E-state index contributed by atoms with van der Waals surface area (Å²) in [6, 6.07) is 2.51. The molecule has 3 heteroatoms. The number of nitrogens with one attached hydrogen (secondary N) is 1. The van der Waals surface area contributed by atoms with Crippen molar-refractivity contribution in [1.29, 1.82) is 5.26 Å². The molecule has 3 aliphatic carbocycles. The molecule has 1 N–H and O–H groups in total. The molecule has 3 fully saturated rings. The highest BCUT2D eigenvalue weighted by Crippen LogP contribution is 2.56. The average Bonchev–Trinajstić information content (AvgIpc) is 2.21. The molecular weight excluding hydrogens is 184 g/mol. The van der Waals surface area contributed by atoms with Crippen molar-refractivity contribution in [3.8, 4) is 6.07 Å². The van der Waals surface area contributed by atoms with Gasteiger partial charge in [0.25, 0.3) is 0 Å². The fourth-order valence-electron chi connectivity index (χ4n) is 2.84. The van der Waals surface area contributed by atoms with Gasteiger partial charge in [-0.2, -0.15) is 5.26 Å². The Morgan fingerprint density at radius 3 is 2.08 bits per heavy atom. The molecule has 0 unspecified atom stereocenters. The zero-order chi connectivity index (χ0) is 9.36. The maximum atomic E-state index is 9.09. The van der Waals surface area contributed by atoms with Gasteiger partial charge in [0.05, 0.1) is 11.5 Å². The molecular formula is C10H15ClN2. The van der Waals surface area contributed by atoms with Crippen molar-refractivity contribution in [2.75, 3.05) is 6.54 Å². The van der Waals surface area contributed by atoms with Gasteiger partial charge in [0, 0.05) is 6.54 Å². The molecule has 0 saturated heterocycles. The Morgan fingerprint density at radius 2 is 1.69 bits per heavy atom. The lowest BCUT2D eigenvalue weighted by molar-refractivity contribution is 0.0305. The van der Waals surface area contributed by atoms with Crippen LogP contribution < -0.4 is 4.84 Å². The van der Waals surface area contributed by atoms with Crippen molar-refractivity contribution in [3.05, 3.63) is 0 Å². The summed E-state index contributed by atoms with van der Waals surface area (Å²) in [5, 5.41) is 9.09. The summed E-state index contributed by atoms with van der Waals surface area (Å²) in [5.41, 5.74) is 0.453. The van der Waals surface area contributed by atoms with Gasteiger partial charge in [-0.05, 0) is 55.7 Å². The van der Waals surface area contributed by atoms with Gasteiger partial charge in [0.15, 0.2) is 0 Å². The van der Waals surface area contributed by atoms with Gasteiger partial charge < -0.3 is 0 Å². The van der Waals surface area contributed by atoms with Crippen LogP contribution in [0.3, 0.4) is 0 Å². The van der Waals surface area contributed by atoms with Crippen molar-refractivity contribution in [3.63, 3.8) is 0 Å². The highest BCUT2D eigenvalue weighted by Gasteiger charge is 2.48. The molecule has 0 radical (unpaired) electrons. The molecule has 0 aromatic rings. The summed E-state index contributed by atoms with van der Waals surface area (Å²) < 4.78 is 0. The molecule has 0 atom stereocenters. The molecule has 2 bridgehead atoms. The lowest BCUT2D eigenvalue weighted by atomic mass is 9.54. The normalized spacial score (nSPS) is 43.1. The van der Waals surface area contributed by atoms with Crippen molar-refractivity contribution in [2.45, 2.75) is 38.5 Å². The Hall–Kier alpha value is -0.260. The Labute approximate surface area is 84.4 Å². The van der Waals surface area contributed by atoms with Crippen LogP contribution in [0.2, 0.25) is 0 Å². The summed E-state index contributed by atoms with van der Waals surface area (Å²) >= 11 is 5.57. The SMILES string of the molecule is N#CC12CCC(CNCl)(CC1)CC2. The van der Waals surface area contributed by atoms with E-state index in [2.05, 4.69) is 10.9 Å². The first-order valence-corrected chi connectivity index (χ1v) is 5.37. The smallest absolute Gasteiger partial charge is 0.0689 e. The standard InChI is InChI=1S/C10H15ClN2/c11-13-8-10-4-1-9(7-12,2-5-10)3-6-10/h13H,1-6,8H2. The maximum Gasteiger partial charge on any atom is 0.0689 e. The van der Waals surface area contributed by atoms with Crippen LogP contribution >= 0.6 is 11.8 Å². The number of hydrogen-bond acceptors (Lipinski definition) is 2. The molecule has 2 nitrogen and oxygen atoms in total. The summed E-state index contributed by atoms with van der Waals surface area (Å²) in [6.07, 6.45) is 6.80. The highest BCUT2D eigenvalue weighted by molar-refractivity contribution is 6.13. The van der Waals surface area contributed by atoms with E-state index in [1.54, 1.807) is 0 Å². The average molecular weight is 199 g/mol. The zero-order valence-corrected chi connectivity index (χ0v) is 8.53. The Kier molecular flexibility index (Phi) is 2.25. The third-order valence-electron chi connectivity index (χ3n) is 4.08. The van der Waals surface area contributed by atoms with Crippen LogP contribution in [0.25, 0.3) is 0 Å². The van der Waals surface area contributed by atoms with Crippen molar-refractivity contribution < 1.29 is 0 Å². The minimum absolute atomic E-state index is 0.0358. The number of hydrogen-bond donors (Lipinski definition) is 1. The third-order valence-corrected chi connectivity index (χ3v) is 4.21. The van der Waals surface area contributed by atoms with Crippen LogP contribution in [0.5, 0.6) is 0 Å². The fourth-order valence-corrected chi connectivity index (χ4v) is 3.12. The minimum Gasteiger partial charge on any atom is -0.233 e. The van der Waals surface area contributed by atoms with Gasteiger partial charge in [-0.1, -0.05) is 0 Å². The topological polar surface area (TPSA) is 35.8 Å². The van der Waals surface area contributed by atoms with E-state index < -0.39 is 0 Å². The van der Waals surface area contributed by atoms with Crippen LogP contribution in [0.4, 0.5) is 0 Å². The van der Waals surface area contributed by atoms with E-state index in [9.17, 15) is 0 Å². The van der Waals surface area contributed by atoms with Gasteiger partial charge >= 0.3 is 0 Å². The number of nitriles is 1. The quantitative estimate of drug-likeness (QED) is 0.693. The molecule has 3 aliphatic rings. The molecule has 3 saturated carbocycles. The molecule has 3 rings (SSSR count). The maximum absolute atomic E-state index is 9.09. The van der Waals surface area contributed by atoms with E-state index in [0.717, 1.165) is 25.8 Å².